The summed E-state index contributed by atoms with van der Waals surface area (Å²) in [7, 11) is -0.403. The summed E-state index contributed by atoms with van der Waals surface area (Å²) in [5.41, 5.74) is 1.28. The van der Waals surface area contributed by atoms with Gasteiger partial charge in [-0.3, -0.25) is 9.59 Å². The van der Waals surface area contributed by atoms with E-state index in [4.69, 9.17) is 16.3 Å². The second-order valence-electron chi connectivity index (χ2n) is 7.90. The number of rotatable bonds is 9. The molecule has 33 heavy (non-hydrogen) atoms. The third-order valence-corrected chi connectivity index (χ3v) is 7.64. The van der Waals surface area contributed by atoms with Crippen LogP contribution in [0.15, 0.2) is 47.4 Å². The highest BCUT2D eigenvalue weighted by atomic mass is 35.5. The van der Waals surface area contributed by atoms with E-state index in [1.807, 2.05) is 0 Å². The third-order valence-electron chi connectivity index (χ3n) is 5.50. The summed E-state index contributed by atoms with van der Waals surface area (Å²) in [5, 5.41) is 3.16. The molecule has 1 N–H and O–H groups in total. The Morgan fingerprint density at radius 2 is 1.79 bits per heavy atom. The Bertz CT molecular complexity index is 1100. The SMILES string of the molecule is COc1ccc(Cl)cc1NC(=O)CN(C)C(=O)CCc1ccc(S(=O)(=O)N2CCCC2)cc1. The lowest BCUT2D eigenvalue weighted by Crippen LogP contribution is -2.35. The molecule has 0 atom stereocenters. The number of amides is 2. The van der Waals surface area contributed by atoms with E-state index in [-0.39, 0.29) is 29.7 Å². The number of hydrogen-bond acceptors (Lipinski definition) is 5. The number of hydrogen-bond donors (Lipinski definition) is 1. The largest absolute Gasteiger partial charge is 0.495 e. The van der Waals surface area contributed by atoms with Crippen molar-refractivity contribution in [3.8, 4) is 5.75 Å². The van der Waals surface area contributed by atoms with Gasteiger partial charge in [0, 0.05) is 31.6 Å². The van der Waals surface area contributed by atoms with E-state index < -0.39 is 10.0 Å². The number of ether oxygens (including phenoxy) is 1. The third kappa shape index (κ3) is 6.46. The van der Waals surface area contributed by atoms with Crippen LogP contribution in [-0.4, -0.2) is 63.2 Å². The van der Waals surface area contributed by atoms with Crippen molar-refractivity contribution in [2.24, 2.45) is 0 Å². The lowest BCUT2D eigenvalue weighted by atomic mass is 10.1. The van der Waals surface area contributed by atoms with Crippen LogP contribution in [0.2, 0.25) is 5.02 Å². The minimum absolute atomic E-state index is 0.123. The molecule has 1 heterocycles. The van der Waals surface area contributed by atoms with E-state index in [9.17, 15) is 18.0 Å². The number of sulfonamides is 1. The number of carbonyl (C=O) groups is 2. The second-order valence-corrected chi connectivity index (χ2v) is 10.3. The van der Waals surface area contributed by atoms with Crippen LogP contribution in [0.25, 0.3) is 0 Å². The maximum Gasteiger partial charge on any atom is 0.244 e. The van der Waals surface area contributed by atoms with Gasteiger partial charge in [0.15, 0.2) is 0 Å². The van der Waals surface area contributed by atoms with Crippen LogP contribution in [0, 0.1) is 0 Å². The summed E-state index contributed by atoms with van der Waals surface area (Å²) in [5.74, 6) is -0.100. The summed E-state index contributed by atoms with van der Waals surface area (Å²) in [4.78, 5) is 26.5. The van der Waals surface area contributed by atoms with E-state index in [0.717, 1.165) is 18.4 Å². The highest BCUT2D eigenvalue weighted by Gasteiger charge is 2.27. The zero-order valence-electron chi connectivity index (χ0n) is 18.7. The number of carbonyl (C=O) groups excluding carboxylic acids is 2. The van der Waals surface area contributed by atoms with Crippen molar-refractivity contribution in [2.75, 3.05) is 39.1 Å². The van der Waals surface area contributed by atoms with Crippen molar-refractivity contribution in [1.29, 1.82) is 0 Å². The number of methoxy groups -OCH3 is 1. The Labute approximate surface area is 199 Å². The molecular formula is C23H28ClN3O5S. The normalized spacial score (nSPS) is 14.2. The van der Waals surface area contributed by atoms with Crippen LogP contribution in [0.5, 0.6) is 5.75 Å². The molecule has 0 spiro atoms. The van der Waals surface area contributed by atoms with Crippen LogP contribution in [0.4, 0.5) is 5.69 Å². The molecule has 2 aromatic rings. The van der Waals surface area contributed by atoms with Gasteiger partial charge in [-0.2, -0.15) is 4.31 Å². The molecule has 10 heteroatoms. The molecule has 0 bridgehead atoms. The van der Waals surface area contributed by atoms with Gasteiger partial charge in [-0.05, 0) is 55.2 Å². The van der Waals surface area contributed by atoms with Crippen molar-refractivity contribution < 1.29 is 22.7 Å². The predicted molar refractivity (Wildman–Crippen MR) is 127 cm³/mol. The molecule has 3 rings (SSSR count). The Balaban J connectivity index is 1.51. The van der Waals surface area contributed by atoms with Crippen LogP contribution < -0.4 is 10.1 Å². The molecule has 0 unspecified atom stereocenters. The van der Waals surface area contributed by atoms with Gasteiger partial charge in [0.05, 0.1) is 24.2 Å². The average molecular weight is 494 g/mol. The molecule has 0 aliphatic carbocycles. The Kier molecular flexibility index (Phi) is 8.34. The Hall–Kier alpha value is -2.62. The standard InChI is InChI=1S/C23H28ClN3O5S/c1-26(16-22(28)25-20-15-18(24)8-11-21(20)32-2)23(29)12-7-17-5-9-19(10-6-17)33(30,31)27-13-3-4-14-27/h5-6,8-11,15H,3-4,7,12-14,16H2,1-2H3,(H,25,28). The van der Waals surface area contributed by atoms with Gasteiger partial charge in [0.25, 0.3) is 0 Å². The van der Waals surface area contributed by atoms with Gasteiger partial charge in [-0.1, -0.05) is 23.7 Å². The van der Waals surface area contributed by atoms with Gasteiger partial charge >= 0.3 is 0 Å². The fraction of sp³-hybridized carbons (Fsp3) is 0.391. The maximum absolute atomic E-state index is 12.6. The van der Waals surface area contributed by atoms with Crippen molar-refractivity contribution in [1.82, 2.24) is 9.21 Å². The first-order valence-electron chi connectivity index (χ1n) is 10.7. The average Bonchev–Trinajstić information content (AvgIpc) is 3.34. The number of benzene rings is 2. The monoisotopic (exact) mass is 493 g/mol. The number of likely N-dealkylation sites (N-methyl/N-ethyl adjacent to an activating group) is 1. The van der Waals surface area contributed by atoms with Crippen molar-refractivity contribution in [3.63, 3.8) is 0 Å². The van der Waals surface area contributed by atoms with Crippen LogP contribution in [0.3, 0.4) is 0 Å². The summed E-state index contributed by atoms with van der Waals surface area (Å²) in [6.45, 7) is 0.993. The molecule has 1 saturated heterocycles. The van der Waals surface area contributed by atoms with E-state index >= 15 is 0 Å². The quantitative estimate of drug-likeness (QED) is 0.579. The molecule has 1 aliphatic rings. The summed E-state index contributed by atoms with van der Waals surface area (Å²) in [6.07, 6.45) is 2.41. The van der Waals surface area contributed by atoms with Crippen molar-refractivity contribution in [3.05, 3.63) is 53.1 Å². The predicted octanol–water partition coefficient (Wildman–Crippen LogP) is 3.16. The first-order valence-corrected chi connectivity index (χ1v) is 12.5. The number of aryl methyl sites for hydroxylation is 1. The number of anilines is 1. The van der Waals surface area contributed by atoms with Gasteiger partial charge in [-0.25, -0.2) is 8.42 Å². The van der Waals surface area contributed by atoms with Gasteiger partial charge < -0.3 is 15.0 Å². The number of nitrogens with zero attached hydrogens (tertiary/aromatic N) is 2. The molecule has 2 amide bonds. The Morgan fingerprint density at radius 1 is 1.12 bits per heavy atom. The van der Waals surface area contributed by atoms with Crippen LogP contribution in [-0.2, 0) is 26.0 Å². The fourth-order valence-corrected chi connectivity index (χ4v) is 5.31. The molecule has 178 valence electrons. The lowest BCUT2D eigenvalue weighted by Gasteiger charge is -2.18. The topological polar surface area (TPSA) is 96.0 Å². The van der Waals surface area contributed by atoms with E-state index in [2.05, 4.69) is 5.32 Å². The highest BCUT2D eigenvalue weighted by Crippen LogP contribution is 2.27. The molecule has 0 radical (unpaired) electrons. The van der Waals surface area contributed by atoms with Gasteiger partial charge in [-0.15, -0.1) is 0 Å². The molecule has 0 aromatic heterocycles. The van der Waals surface area contributed by atoms with Gasteiger partial charge in [0.1, 0.15) is 5.75 Å². The molecular weight excluding hydrogens is 466 g/mol. The first kappa shape index (κ1) is 25.0. The molecule has 1 aliphatic heterocycles. The maximum atomic E-state index is 12.6. The molecule has 0 saturated carbocycles. The second kappa shape index (κ2) is 11.0. The molecule has 2 aromatic carbocycles. The lowest BCUT2D eigenvalue weighted by molar-refractivity contribution is -0.133. The summed E-state index contributed by atoms with van der Waals surface area (Å²) < 4.78 is 31.9. The molecule has 8 nitrogen and oxygen atoms in total. The minimum Gasteiger partial charge on any atom is -0.495 e. The van der Waals surface area contributed by atoms with E-state index in [1.165, 1.54) is 16.3 Å². The highest BCUT2D eigenvalue weighted by molar-refractivity contribution is 7.89. The summed E-state index contributed by atoms with van der Waals surface area (Å²) in [6, 6.07) is 11.5. The van der Waals surface area contributed by atoms with Crippen LogP contribution in [0.1, 0.15) is 24.8 Å². The summed E-state index contributed by atoms with van der Waals surface area (Å²) >= 11 is 5.97. The van der Waals surface area contributed by atoms with Crippen molar-refractivity contribution >= 4 is 39.1 Å². The zero-order valence-corrected chi connectivity index (χ0v) is 20.3. The molecule has 1 fully saturated rings. The van der Waals surface area contributed by atoms with E-state index in [0.29, 0.717) is 36.0 Å². The van der Waals surface area contributed by atoms with Crippen molar-refractivity contribution in [2.45, 2.75) is 30.6 Å². The van der Waals surface area contributed by atoms with Crippen LogP contribution >= 0.6 is 11.6 Å². The van der Waals surface area contributed by atoms with E-state index in [1.54, 1.807) is 49.5 Å². The number of nitrogens with one attached hydrogen (secondary N) is 1. The zero-order chi connectivity index (χ0) is 24.0. The number of halogens is 1. The fourth-order valence-electron chi connectivity index (χ4n) is 3.62. The smallest absolute Gasteiger partial charge is 0.244 e. The Morgan fingerprint density at radius 3 is 2.42 bits per heavy atom. The minimum atomic E-state index is -3.45. The first-order chi connectivity index (χ1) is 15.7. The van der Waals surface area contributed by atoms with Gasteiger partial charge in [0.2, 0.25) is 21.8 Å².